The SMILES string of the molecule is FC(F)(F)c1cc2c(cc1Br)nc1n2CCC1. The Morgan fingerprint density at radius 2 is 2.06 bits per heavy atom. The highest BCUT2D eigenvalue weighted by Crippen LogP contribution is 2.38. The summed E-state index contributed by atoms with van der Waals surface area (Å²) in [6, 6.07) is 2.63. The highest BCUT2D eigenvalue weighted by atomic mass is 79.9. The monoisotopic (exact) mass is 304 g/mol. The van der Waals surface area contributed by atoms with Gasteiger partial charge < -0.3 is 4.57 Å². The molecule has 2 nitrogen and oxygen atoms in total. The molecule has 90 valence electrons. The third-order valence-electron chi connectivity index (χ3n) is 3.00. The molecule has 0 N–H and O–H groups in total. The van der Waals surface area contributed by atoms with Crippen molar-refractivity contribution in [2.45, 2.75) is 25.6 Å². The van der Waals surface area contributed by atoms with Gasteiger partial charge in [-0.05, 0) is 18.6 Å². The van der Waals surface area contributed by atoms with E-state index in [1.807, 2.05) is 4.57 Å². The molecule has 0 saturated heterocycles. The van der Waals surface area contributed by atoms with Crippen LogP contribution in [0, 0.1) is 0 Å². The van der Waals surface area contributed by atoms with E-state index in [0.29, 0.717) is 11.0 Å². The molecule has 2 aromatic rings. The lowest BCUT2D eigenvalue weighted by atomic mass is 10.2. The molecule has 1 aromatic carbocycles. The van der Waals surface area contributed by atoms with Crippen LogP contribution in [0.25, 0.3) is 11.0 Å². The highest BCUT2D eigenvalue weighted by molar-refractivity contribution is 9.10. The molecular formula is C11H8BrF3N2. The third-order valence-corrected chi connectivity index (χ3v) is 3.66. The van der Waals surface area contributed by atoms with Crippen LogP contribution in [0.3, 0.4) is 0 Å². The molecule has 0 bridgehead atoms. The van der Waals surface area contributed by atoms with Gasteiger partial charge in [-0.15, -0.1) is 0 Å². The van der Waals surface area contributed by atoms with Crippen molar-refractivity contribution in [3.05, 3.63) is 28.0 Å². The molecule has 0 unspecified atom stereocenters. The maximum absolute atomic E-state index is 12.8. The van der Waals surface area contributed by atoms with Crippen molar-refractivity contribution in [2.24, 2.45) is 0 Å². The van der Waals surface area contributed by atoms with E-state index >= 15 is 0 Å². The number of benzene rings is 1. The minimum absolute atomic E-state index is 0.0503. The zero-order valence-corrected chi connectivity index (χ0v) is 10.3. The van der Waals surface area contributed by atoms with Crippen molar-refractivity contribution in [1.82, 2.24) is 9.55 Å². The zero-order chi connectivity index (χ0) is 12.2. The van der Waals surface area contributed by atoms with Crippen LogP contribution in [-0.2, 0) is 19.1 Å². The molecule has 6 heteroatoms. The predicted molar refractivity (Wildman–Crippen MR) is 60.8 cm³/mol. The van der Waals surface area contributed by atoms with E-state index in [4.69, 9.17) is 0 Å². The van der Waals surface area contributed by atoms with E-state index in [2.05, 4.69) is 20.9 Å². The molecule has 0 fully saturated rings. The van der Waals surface area contributed by atoms with Gasteiger partial charge >= 0.3 is 6.18 Å². The molecule has 0 spiro atoms. The molecule has 0 aliphatic carbocycles. The lowest BCUT2D eigenvalue weighted by Gasteiger charge is -2.09. The number of aryl methyl sites for hydroxylation is 2. The molecule has 1 aliphatic heterocycles. The number of rotatable bonds is 0. The molecule has 0 saturated carbocycles. The topological polar surface area (TPSA) is 17.8 Å². The normalized spacial score (nSPS) is 15.5. The van der Waals surface area contributed by atoms with E-state index in [9.17, 15) is 13.2 Å². The summed E-state index contributed by atoms with van der Waals surface area (Å²) in [5.74, 6) is 0.881. The Kier molecular flexibility index (Phi) is 2.26. The van der Waals surface area contributed by atoms with Crippen LogP contribution < -0.4 is 0 Å². The molecule has 1 aromatic heterocycles. The highest BCUT2D eigenvalue weighted by Gasteiger charge is 2.34. The molecular weight excluding hydrogens is 297 g/mol. The van der Waals surface area contributed by atoms with Gasteiger partial charge in [0.05, 0.1) is 16.6 Å². The van der Waals surface area contributed by atoms with Crippen molar-refractivity contribution in [3.8, 4) is 0 Å². The lowest BCUT2D eigenvalue weighted by molar-refractivity contribution is -0.138. The smallest absolute Gasteiger partial charge is 0.328 e. The Bertz CT molecular complexity index is 601. The van der Waals surface area contributed by atoms with Crippen LogP contribution in [0.15, 0.2) is 16.6 Å². The Hall–Kier alpha value is -1.04. The van der Waals surface area contributed by atoms with E-state index < -0.39 is 11.7 Å². The van der Waals surface area contributed by atoms with E-state index in [0.717, 1.165) is 25.2 Å². The second-order valence-corrected chi connectivity index (χ2v) is 4.96. The fourth-order valence-corrected chi connectivity index (χ4v) is 2.80. The summed E-state index contributed by atoms with van der Waals surface area (Å²) in [5.41, 5.74) is 0.562. The van der Waals surface area contributed by atoms with Crippen LogP contribution in [0.4, 0.5) is 13.2 Å². The molecule has 17 heavy (non-hydrogen) atoms. The van der Waals surface area contributed by atoms with Gasteiger partial charge in [-0.1, -0.05) is 15.9 Å². The number of aromatic nitrogens is 2. The number of hydrogen-bond acceptors (Lipinski definition) is 1. The number of imidazole rings is 1. The first-order valence-corrected chi connectivity index (χ1v) is 6.02. The number of halogens is 4. The minimum atomic E-state index is -4.34. The average molecular weight is 305 g/mol. The van der Waals surface area contributed by atoms with E-state index in [1.54, 1.807) is 0 Å². The van der Waals surface area contributed by atoms with Crippen molar-refractivity contribution in [2.75, 3.05) is 0 Å². The van der Waals surface area contributed by atoms with Crippen molar-refractivity contribution < 1.29 is 13.2 Å². The summed E-state index contributed by atoms with van der Waals surface area (Å²) in [7, 11) is 0. The minimum Gasteiger partial charge on any atom is -0.328 e. The van der Waals surface area contributed by atoms with Gasteiger partial charge in [-0.3, -0.25) is 0 Å². The predicted octanol–water partition coefficient (Wildman–Crippen LogP) is 3.76. The Balaban J connectivity index is 2.30. The maximum atomic E-state index is 12.8. The first-order chi connectivity index (χ1) is 7.97. The second-order valence-electron chi connectivity index (χ2n) is 4.10. The van der Waals surface area contributed by atoms with Crippen LogP contribution in [0.1, 0.15) is 17.8 Å². The van der Waals surface area contributed by atoms with Gasteiger partial charge in [-0.25, -0.2) is 4.98 Å². The summed E-state index contributed by atoms with van der Waals surface area (Å²) in [4.78, 5) is 4.34. The van der Waals surface area contributed by atoms with Gasteiger partial charge in [0, 0.05) is 17.4 Å². The standard InChI is InChI=1S/C11H8BrF3N2/c12-7-5-8-9(4-6(7)11(13,14)15)17-3-1-2-10(17)16-8/h4-5H,1-3H2. The first-order valence-electron chi connectivity index (χ1n) is 5.22. The molecule has 0 radical (unpaired) electrons. The largest absolute Gasteiger partial charge is 0.417 e. The molecule has 1 aliphatic rings. The molecule has 0 atom stereocenters. The van der Waals surface area contributed by atoms with Crippen molar-refractivity contribution in [1.29, 1.82) is 0 Å². The third kappa shape index (κ3) is 1.66. The average Bonchev–Trinajstić information content (AvgIpc) is 2.73. The van der Waals surface area contributed by atoms with Crippen molar-refractivity contribution >= 4 is 27.0 Å². The fraction of sp³-hybridized carbons (Fsp3) is 0.364. The van der Waals surface area contributed by atoms with Crippen molar-refractivity contribution in [3.63, 3.8) is 0 Å². The summed E-state index contributed by atoms with van der Waals surface area (Å²) < 4.78 is 40.2. The molecule has 0 amide bonds. The number of fused-ring (bicyclic) bond motifs is 3. The quantitative estimate of drug-likeness (QED) is 0.724. The van der Waals surface area contributed by atoms with Crippen LogP contribution >= 0.6 is 15.9 Å². The number of alkyl halides is 3. The van der Waals surface area contributed by atoms with Crippen LogP contribution in [0.2, 0.25) is 0 Å². The van der Waals surface area contributed by atoms with Crippen LogP contribution in [-0.4, -0.2) is 9.55 Å². The van der Waals surface area contributed by atoms with Gasteiger partial charge in [0.2, 0.25) is 0 Å². The van der Waals surface area contributed by atoms with Crippen LogP contribution in [0.5, 0.6) is 0 Å². The second kappa shape index (κ2) is 3.48. The Labute approximate surface area is 104 Å². The zero-order valence-electron chi connectivity index (χ0n) is 8.68. The lowest BCUT2D eigenvalue weighted by Crippen LogP contribution is -2.06. The van der Waals surface area contributed by atoms with Gasteiger partial charge in [-0.2, -0.15) is 13.2 Å². The molecule has 3 rings (SSSR count). The Morgan fingerprint density at radius 3 is 2.76 bits per heavy atom. The van der Waals surface area contributed by atoms with Gasteiger partial charge in [0.1, 0.15) is 5.82 Å². The number of nitrogens with zero attached hydrogens (tertiary/aromatic N) is 2. The van der Waals surface area contributed by atoms with E-state index in [1.165, 1.54) is 12.1 Å². The maximum Gasteiger partial charge on any atom is 0.417 e. The van der Waals surface area contributed by atoms with E-state index in [-0.39, 0.29) is 4.47 Å². The fourth-order valence-electron chi connectivity index (χ4n) is 2.25. The summed E-state index contributed by atoms with van der Waals surface area (Å²) in [6.07, 6.45) is -2.54. The summed E-state index contributed by atoms with van der Waals surface area (Å²) in [6.45, 7) is 0.755. The van der Waals surface area contributed by atoms with Gasteiger partial charge in [0.15, 0.2) is 0 Å². The summed E-state index contributed by atoms with van der Waals surface area (Å²) in [5, 5.41) is 0. The number of hydrogen-bond donors (Lipinski definition) is 0. The molecule has 2 heterocycles. The van der Waals surface area contributed by atoms with Gasteiger partial charge in [0.25, 0.3) is 0 Å². The Morgan fingerprint density at radius 1 is 1.29 bits per heavy atom. The first kappa shape index (κ1) is 11.1. The summed E-state index contributed by atoms with van der Waals surface area (Å²) >= 11 is 2.96.